The van der Waals surface area contributed by atoms with Crippen molar-refractivity contribution in [3.63, 3.8) is 0 Å². The molecule has 0 spiro atoms. The van der Waals surface area contributed by atoms with Crippen molar-refractivity contribution in [3.05, 3.63) is 54.2 Å². The molecule has 1 amide bonds. The Bertz CT molecular complexity index is 1480. The molecule has 0 radical (unpaired) electrons. The molecule has 9 nitrogen and oxygen atoms in total. The first-order valence-corrected chi connectivity index (χ1v) is 15.6. The lowest BCUT2D eigenvalue weighted by molar-refractivity contribution is -0.154. The lowest BCUT2D eigenvalue weighted by Crippen LogP contribution is -2.40. The van der Waals surface area contributed by atoms with Crippen LogP contribution in [0, 0.1) is 0 Å². The fourth-order valence-electron chi connectivity index (χ4n) is 3.83. The zero-order valence-electron chi connectivity index (χ0n) is 24.8. The SMILES string of the molecule is CC(C)OC(=O)Nc1ccc(-c2ncc(-c3ccc(CCC(=O)OC(C)(C)C)cc3S(=O)(=O)NC(C)(C)C)s2)cc1. The lowest BCUT2D eigenvalue weighted by atomic mass is 10.1. The van der Waals surface area contributed by atoms with Crippen LogP contribution in [0.3, 0.4) is 0 Å². The second kappa shape index (κ2) is 12.7. The molecule has 0 saturated carbocycles. The fraction of sp³-hybridized carbons (Fsp3) is 0.433. The van der Waals surface area contributed by atoms with Crippen molar-refractivity contribution >= 4 is 39.1 Å². The van der Waals surface area contributed by atoms with Crippen LogP contribution >= 0.6 is 11.3 Å². The van der Waals surface area contributed by atoms with E-state index in [-0.39, 0.29) is 23.4 Å². The number of carbonyl (C=O) groups excluding carboxylic acids is 2. The molecule has 11 heteroatoms. The van der Waals surface area contributed by atoms with Crippen LogP contribution in [-0.2, 0) is 30.7 Å². The van der Waals surface area contributed by atoms with Crippen molar-refractivity contribution in [2.24, 2.45) is 0 Å². The maximum absolute atomic E-state index is 13.5. The molecule has 3 aromatic rings. The quantitative estimate of drug-likeness (QED) is 0.259. The number of benzene rings is 2. The predicted octanol–water partition coefficient (Wildman–Crippen LogP) is 6.79. The van der Waals surface area contributed by atoms with Crippen LogP contribution in [0.5, 0.6) is 0 Å². The minimum atomic E-state index is -3.91. The number of thiazole rings is 1. The molecular formula is C30H39N3O6S2. The van der Waals surface area contributed by atoms with E-state index < -0.39 is 27.3 Å². The van der Waals surface area contributed by atoms with Gasteiger partial charge in [0.2, 0.25) is 10.0 Å². The molecule has 0 aliphatic rings. The molecule has 1 heterocycles. The highest BCUT2D eigenvalue weighted by Crippen LogP contribution is 2.37. The van der Waals surface area contributed by atoms with E-state index in [0.717, 1.165) is 5.56 Å². The Morgan fingerprint density at radius 1 is 1.00 bits per heavy atom. The summed E-state index contributed by atoms with van der Waals surface area (Å²) in [4.78, 5) is 29.5. The number of carbonyl (C=O) groups is 2. The number of nitrogens with one attached hydrogen (secondary N) is 2. The van der Waals surface area contributed by atoms with Gasteiger partial charge >= 0.3 is 12.1 Å². The molecule has 0 aliphatic heterocycles. The Hall–Kier alpha value is -3.28. The van der Waals surface area contributed by atoms with E-state index in [4.69, 9.17) is 9.47 Å². The summed E-state index contributed by atoms with van der Waals surface area (Å²) in [7, 11) is -3.91. The van der Waals surface area contributed by atoms with Gasteiger partial charge in [0.1, 0.15) is 10.6 Å². The molecule has 0 aliphatic carbocycles. The average Bonchev–Trinajstić information content (AvgIpc) is 3.30. The van der Waals surface area contributed by atoms with Crippen LogP contribution < -0.4 is 10.0 Å². The standard InChI is InChI=1S/C30H39N3O6S2/c1-19(2)38-28(35)32-22-13-11-21(12-14-22)27-31-18-24(40-27)23-15-9-20(10-16-26(34)39-30(6,7)8)17-25(23)41(36,37)33-29(3,4)5/h9,11-15,17-19,33H,10,16H2,1-8H3,(H,32,35). The maximum atomic E-state index is 13.5. The normalized spacial score (nSPS) is 12.3. The lowest BCUT2D eigenvalue weighted by Gasteiger charge is -2.22. The number of aromatic nitrogens is 1. The van der Waals surface area contributed by atoms with Crippen LogP contribution in [-0.4, -0.2) is 42.7 Å². The van der Waals surface area contributed by atoms with Gasteiger partial charge < -0.3 is 9.47 Å². The Labute approximate surface area is 246 Å². The van der Waals surface area contributed by atoms with Crippen molar-refractivity contribution in [1.29, 1.82) is 0 Å². The van der Waals surface area contributed by atoms with Crippen molar-refractivity contribution in [2.75, 3.05) is 5.32 Å². The van der Waals surface area contributed by atoms with Gasteiger partial charge in [-0.3, -0.25) is 10.1 Å². The first-order valence-electron chi connectivity index (χ1n) is 13.3. The molecule has 3 rings (SSSR count). The van der Waals surface area contributed by atoms with Gasteiger partial charge in [-0.2, -0.15) is 0 Å². The van der Waals surface area contributed by atoms with E-state index in [1.807, 2.05) is 18.2 Å². The number of amides is 1. The van der Waals surface area contributed by atoms with Crippen molar-refractivity contribution < 1.29 is 27.5 Å². The van der Waals surface area contributed by atoms with Crippen LogP contribution in [0.4, 0.5) is 10.5 Å². The van der Waals surface area contributed by atoms with Gasteiger partial charge in [0.15, 0.2) is 0 Å². The number of sulfonamides is 1. The van der Waals surface area contributed by atoms with E-state index in [1.165, 1.54) is 11.3 Å². The molecule has 0 atom stereocenters. The van der Waals surface area contributed by atoms with Gasteiger partial charge in [-0.25, -0.2) is 22.9 Å². The van der Waals surface area contributed by atoms with Crippen molar-refractivity contribution in [1.82, 2.24) is 9.71 Å². The average molecular weight is 602 g/mol. The van der Waals surface area contributed by atoms with Gasteiger partial charge in [-0.1, -0.05) is 12.1 Å². The van der Waals surface area contributed by atoms with Crippen molar-refractivity contribution in [3.8, 4) is 21.0 Å². The van der Waals surface area contributed by atoms with E-state index >= 15 is 0 Å². The predicted molar refractivity (Wildman–Crippen MR) is 162 cm³/mol. The summed E-state index contributed by atoms with van der Waals surface area (Å²) in [5.41, 5.74) is 1.33. The third-order valence-electron chi connectivity index (χ3n) is 5.31. The molecule has 222 valence electrons. The Balaban J connectivity index is 1.90. The van der Waals surface area contributed by atoms with Gasteiger partial charge in [0.05, 0.1) is 15.9 Å². The number of esters is 1. The highest BCUT2D eigenvalue weighted by molar-refractivity contribution is 7.89. The summed E-state index contributed by atoms with van der Waals surface area (Å²) in [6.07, 6.45) is 1.36. The fourth-order valence-corrected chi connectivity index (χ4v) is 6.55. The number of nitrogens with zero attached hydrogens (tertiary/aromatic N) is 1. The second-order valence-electron chi connectivity index (χ2n) is 12.0. The summed E-state index contributed by atoms with van der Waals surface area (Å²) in [6.45, 7) is 14.3. The Morgan fingerprint density at radius 2 is 1.66 bits per heavy atom. The molecule has 0 bridgehead atoms. The number of ether oxygens (including phenoxy) is 2. The maximum Gasteiger partial charge on any atom is 0.411 e. The van der Waals surface area contributed by atoms with Crippen molar-refractivity contribution in [2.45, 2.75) is 90.4 Å². The number of hydrogen-bond acceptors (Lipinski definition) is 8. The molecule has 0 saturated heterocycles. The highest BCUT2D eigenvalue weighted by Gasteiger charge is 2.27. The number of hydrogen-bond donors (Lipinski definition) is 2. The molecule has 0 unspecified atom stereocenters. The zero-order chi connectivity index (χ0) is 30.6. The van der Waals surface area contributed by atoms with Crippen LogP contribution in [0.15, 0.2) is 53.6 Å². The van der Waals surface area contributed by atoms with Gasteiger partial charge in [-0.05, 0) is 97.7 Å². The largest absolute Gasteiger partial charge is 0.460 e. The highest BCUT2D eigenvalue weighted by atomic mass is 32.2. The minimum Gasteiger partial charge on any atom is -0.460 e. The number of aryl methyl sites for hydroxylation is 1. The molecule has 2 N–H and O–H groups in total. The molecule has 0 fully saturated rings. The topological polar surface area (TPSA) is 124 Å². The van der Waals surface area contributed by atoms with Crippen LogP contribution in [0.25, 0.3) is 21.0 Å². The summed E-state index contributed by atoms with van der Waals surface area (Å²) >= 11 is 1.36. The monoisotopic (exact) mass is 601 g/mol. The number of rotatable bonds is 9. The van der Waals surface area contributed by atoms with E-state index in [9.17, 15) is 18.0 Å². The third kappa shape index (κ3) is 9.94. The third-order valence-corrected chi connectivity index (χ3v) is 8.18. The van der Waals surface area contributed by atoms with Gasteiger partial charge in [0, 0.05) is 35.0 Å². The molecule has 2 aromatic carbocycles. The molecular weight excluding hydrogens is 562 g/mol. The Morgan fingerprint density at radius 3 is 2.24 bits per heavy atom. The summed E-state index contributed by atoms with van der Waals surface area (Å²) in [6, 6.07) is 12.3. The van der Waals surface area contributed by atoms with Crippen LogP contribution in [0.1, 0.15) is 67.4 Å². The second-order valence-corrected chi connectivity index (χ2v) is 14.6. The zero-order valence-corrected chi connectivity index (χ0v) is 26.5. The summed E-state index contributed by atoms with van der Waals surface area (Å²) in [5, 5.41) is 3.37. The summed E-state index contributed by atoms with van der Waals surface area (Å²) < 4.78 is 40.3. The van der Waals surface area contributed by atoms with Gasteiger partial charge in [-0.15, -0.1) is 11.3 Å². The van der Waals surface area contributed by atoms with Gasteiger partial charge in [0.25, 0.3) is 0 Å². The first-order chi connectivity index (χ1) is 18.9. The first kappa shape index (κ1) is 32.2. The smallest absolute Gasteiger partial charge is 0.411 e. The minimum absolute atomic E-state index is 0.118. The van der Waals surface area contributed by atoms with Crippen LogP contribution in [0.2, 0.25) is 0 Å². The Kier molecular flexibility index (Phi) is 9.99. The number of anilines is 1. The van der Waals surface area contributed by atoms with E-state index in [2.05, 4.69) is 15.0 Å². The molecule has 1 aromatic heterocycles. The van der Waals surface area contributed by atoms with E-state index in [1.54, 1.807) is 85.9 Å². The molecule has 41 heavy (non-hydrogen) atoms. The van der Waals surface area contributed by atoms with E-state index in [0.29, 0.717) is 33.1 Å². The summed E-state index contributed by atoms with van der Waals surface area (Å²) in [5.74, 6) is -0.344.